The van der Waals surface area contributed by atoms with E-state index in [1.165, 1.54) is 28.5 Å². The van der Waals surface area contributed by atoms with E-state index in [0.29, 0.717) is 6.42 Å². The standard InChI is InChI=1S/C35H34N2O2/c38-35(36-21-10-3-11-22-36)24-32(28-15-12-18-30(23-28)39-29-16-6-2-7-17-29)33-26-37(25-27-13-4-1-5-14-27)34-20-9-8-19-31(33)34/h1-2,4-9,12-20,23,26,32H,3,10-11,21-22,24-25H2. The molecule has 39 heavy (non-hydrogen) atoms. The number of para-hydroxylation sites is 2. The molecule has 1 aromatic heterocycles. The maximum absolute atomic E-state index is 13.7. The first-order valence-electron chi connectivity index (χ1n) is 14.0. The Morgan fingerprint density at radius 1 is 0.744 bits per heavy atom. The minimum absolute atomic E-state index is 0.0827. The van der Waals surface area contributed by atoms with E-state index in [-0.39, 0.29) is 11.8 Å². The van der Waals surface area contributed by atoms with Crippen molar-refractivity contribution >= 4 is 16.8 Å². The van der Waals surface area contributed by atoms with Crippen molar-refractivity contribution in [3.63, 3.8) is 0 Å². The normalized spacial score (nSPS) is 14.3. The monoisotopic (exact) mass is 514 g/mol. The molecule has 1 amide bonds. The number of amides is 1. The number of aromatic nitrogens is 1. The molecule has 0 saturated carbocycles. The van der Waals surface area contributed by atoms with Gasteiger partial charge in [0.15, 0.2) is 0 Å². The number of carbonyl (C=O) groups is 1. The van der Waals surface area contributed by atoms with Crippen molar-refractivity contribution in [1.29, 1.82) is 0 Å². The summed E-state index contributed by atoms with van der Waals surface area (Å²) in [4.78, 5) is 15.7. The molecule has 0 bridgehead atoms. The Bertz CT molecular complexity index is 1540. The molecular formula is C35H34N2O2. The Balaban J connectivity index is 1.40. The van der Waals surface area contributed by atoms with Crippen molar-refractivity contribution in [3.05, 3.63) is 132 Å². The molecule has 6 rings (SSSR count). The highest BCUT2D eigenvalue weighted by Gasteiger charge is 2.26. The van der Waals surface area contributed by atoms with Gasteiger partial charge in [-0.3, -0.25) is 4.79 Å². The van der Waals surface area contributed by atoms with Crippen LogP contribution in [0.4, 0.5) is 0 Å². The van der Waals surface area contributed by atoms with Crippen molar-refractivity contribution in [1.82, 2.24) is 9.47 Å². The Kier molecular flexibility index (Phi) is 7.44. The maximum Gasteiger partial charge on any atom is 0.223 e. The lowest BCUT2D eigenvalue weighted by Gasteiger charge is -2.29. The molecule has 1 aliphatic rings. The Morgan fingerprint density at radius 2 is 1.44 bits per heavy atom. The zero-order chi connectivity index (χ0) is 26.4. The molecule has 0 radical (unpaired) electrons. The van der Waals surface area contributed by atoms with Crippen molar-refractivity contribution in [2.75, 3.05) is 13.1 Å². The van der Waals surface area contributed by atoms with E-state index >= 15 is 0 Å². The van der Waals surface area contributed by atoms with E-state index in [0.717, 1.165) is 49.5 Å². The first kappa shape index (κ1) is 25.0. The molecular weight excluding hydrogens is 480 g/mol. The predicted molar refractivity (Wildman–Crippen MR) is 157 cm³/mol. The third kappa shape index (κ3) is 5.75. The molecule has 1 saturated heterocycles. The van der Waals surface area contributed by atoms with Crippen LogP contribution in [0.2, 0.25) is 0 Å². The molecule has 0 spiro atoms. The number of likely N-dealkylation sites (tertiary alicyclic amines) is 1. The van der Waals surface area contributed by atoms with Gasteiger partial charge in [-0.05, 0) is 66.3 Å². The second kappa shape index (κ2) is 11.6. The minimum Gasteiger partial charge on any atom is -0.457 e. The van der Waals surface area contributed by atoms with Gasteiger partial charge in [0.25, 0.3) is 0 Å². The SMILES string of the molecule is O=C(CC(c1cccc(Oc2ccccc2)c1)c1cn(Cc2ccccc2)c2ccccc12)N1CCCCC1. The zero-order valence-electron chi connectivity index (χ0n) is 22.2. The molecule has 196 valence electrons. The van der Waals surface area contributed by atoms with Gasteiger partial charge in [-0.1, -0.05) is 78.9 Å². The summed E-state index contributed by atoms with van der Waals surface area (Å²) in [5.41, 5.74) is 4.72. The minimum atomic E-state index is -0.0827. The van der Waals surface area contributed by atoms with Crippen molar-refractivity contribution in [3.8, 4) is 11.5 Å². The Labute approximate surface area is 230 Å². The summed E-state index contributed by atoms with van der Waals surface area (Å²) < 4.78 is 8.52. The molecule has 1 aliphatic heterocycles. The second-order valence-corrected chi connectivity index (χ2v) is 10.4. The van der Waals surface area contributed by atoms with Crippen LogP contribution in [0.1, 0.15) is 48.3 Å². The number of hydrogen-bond donors (Lipinski definition) is 0. The molecule has 0 N–H and O–H groups in total. The van der Waals surface area contributed by atoms with E-state index in [2.05, 4.69) is 82.4 Å². The first-order chi connectivity index (χ1) is 19.2. The maximum atomic E-state index is 13.7. The Hall–Kier alpha value is -4.31. The number of hydrogen-bond acceptors (Lipinski definition) is 2. The number of ether oxygens (including phenoxy) is 1. The zero-order valence-corrected chi connectivity index (χ0v) is 22.2. The van der Waals surface area contributed by atoms with Crippen LogP contribution < -0.4 is 4.74 Å². The highest BCUT2D eigenvalue weighted by Crippen LogP contribution is 2.37. The number of carbonyl (C=O) groups excluding carboxylic acids is 1. The summed E-state index contributed by atoms with van der Waals surface area (Å²) in [6.07, 6.45) is 6.09. The predicted octanol–water partition coefficient (Wildman–Crippen LogP) is 8.02. The summed E-state index contributed by atoms with van der Waals surface area (Å²) in [7, 11) is 0. The summed E-state index contributed by atoms with van der Waals surface area (Å²) in [6, 6.07) is 37.2. The van der Waals surface area contributed by atoms with Crippen LogP contribution in [-0.4, -0.2) is 28.5 Å². The number of rotatable bonds is 8. The molecule has 5 aromatic rings. The third-order valence-corrected chi connectivity index (χ3v) is 7.72. The fourth-order valence-corrected chi connectivity index (χ4v) is 5.74. The summed E-state index contributed by atoms with van der Waals surface area (Å²) in [6.45, 7) is 2.50. The number of fused-ring (bicyclic) bond motifs is 1. The Morgan fingerprint density at radius 3 is 2.23 bits per heavy atom. The number of benzene rings is 4. The van der Waals surface area contributed by atoms with Gasteiger partial charge in [0.2, 0.25) is 5.91 Å². The van der Waals surface area contributed by atoms with Gasteiger partial charge in [0, 0.05) is 49.1 Å². The quantitative estimate of drug-likeness (QED) is 0.210. The second-order valence-electron chi connectivity index (χ2n) is 10.4. The lowest BCUT2D eigenvalue weighted by molar-refractivity contribution is -0.132. The molecule has 0 aliphatic carbocycles. The third-order valence-electron chi connectivity index (χ3n) is 7.72. The molecule has 1 atom stereocenters. The van der Waals surface area contributed by atoms with Crippen LogP contribution in [-0.2, 0) is 11.3 Å². The van der Waals surface area contributed by atoms with E-state index in [1.54, 1.807) is 0 Å². The summed E-state index contributed by atoms with van der Waals surface area (Å²) >= 11 is 0. The average molecular weight is 515 g/mol. The largest absolute Gasteiger partial charge is 0.457 e. The summed E-state index contributed by atoms with van der Waals surface area (Å²) in [5, 5.41) is 1.19. The first-order valence-corrected chi connectivity index (χ1v) is 14.0. The van der Waals surface area contributed by atoms with Gasteiger partial charge in [-0.15, -0.1) is 0 Å². The molecule has 2 heterocycles. The van der Waals surface area contributed by atoms with Gasteiger partial charge < -0.3 is 14.2 Å². The van der Waals surface area contributed by atoms with Crippen molar-refractivity contribution in [2.24, 2.45) is 0 Å². The van der Waals surface area contributed by atoms with Gasteiger partial charge >= 0.3 is 0 Å². The molecule has 1 fully saturated rings. The van der Waals surface area contributed by atoms with Crippen LogP contribution in [0.5, 0.6) is 11.5 Å². The van der Waals surface area contributed by atoms with Gasteiger partial charge in [-0.25, -0.2) is 0 Å². The highest BCUT2D eigenvalue weighted by atomic mass is 16.5. The lowest BCUT2D eigenvalue weighted by Crippen LogP contribution is -2.36. The van der Waals surface area contributed by atoms with Crippen molar-refractivity contribution < 1.29 is 9.53 Å². The smallest absolute Gasteiger partial charge is 0.223 e. The van der Waals surface area contributed by atoms with Gasteiger partial charge in [0.05, 0.1) is 0 Å². The highest BCUT2D eigenvalue weighted by molar-refractivity contribution is 5.87. The van der Waals surface area contributed by atoms with Gasteiger partial charge in [0.1, 0.15) is 11.5 Å². The molecule has 4 heteroatoms. The van der Waals surface area contributed by atoms with E-state index in [9.17, 15) is 4.79 Å². The van der Waals surface area contributed by atoms with E-state index in [4.69, 9.17) is 4.74 Å². The average Bonchev–Trinajstić information content (AvgIpc) is 3.35. The lowest BCUT2D eigenvalue weighted by atomic mass is 9.87. The summed E-state index contributed by atoms with van der Waals surface area (Å²) in [5.74, 6) is 1.73. The topological polar surface area (TPSA) is 34.5 Å². The van der Waals surface area contributed by atoms with Crippen LogP contribution in [0.15, 0.2) is 115 Å². The van der Waals surface area contributed by atoms with Crippen LogP contribution in [0, 0.1) is 0 Å². The van der Waals surface area contributed by atoms with Gasteiger partial charge in [-0.2, -0.15) is 0 Å². The van der Waals surface area contributed by atoms with Crippen LogP contribution in [0.25, 0.3) is 10.9 Å². The molecule has 4 nitrogen and oxygen atoms in total. The number of piperidine rings is 1. The molecule has 1 unspecified atom stereocenters. The van der Waals surface area contributed by atoms with E-state index in [1.807, 2.05) is 42.5 Å². The van der Waals surface area contributed by atoms with Crippen molar-refractivity contribution in [2.45, 2.75) is 38.1 Å². The fraction of sp³-hybridized carbons (Fsp3) is 0.229. The van der Waals surface area contributed by atoms with Crippen LogP contribution in [0.3, 0.4) is 0 Å². The van der Waals surface area contributed by atoms with E-state index < -0.39 is 0 Å². The number of nitrogens with zero attached hydrogens (tertiary/aromatic N) is 2. The fourth-order valence-electron chi connectivity index (χ4n) is 5.74. The van der Waals surface area contributed by atoms with Crippen LogP contribution >= 0.6 is 0 Å². The molecule has 4 aromatic carbocycles.